The summed E-state index contributed by atoms with van der Waals surface area (Å²) in [4.78, 5) is 33.0. The van der Waals surface area contributed by atoms with Gasteiger partial charge in [0, 0.05) is 30.1 Å². The van der Waals surface area contributed by atoms with Crippen LogP contribution in [0.25, 0.3) is 0 Å². The van der Waals surface area contributed by atoms with Crippen molar-refractivity contribution < 1.29 is 23.5 Å². The fourth-order valence-electron chi connectivity index (χ4n) is 4.17. The van der Waals surface area contributed by atoms with E-state index in [1.165, 1.54) is 18.3 Å². The molecule has 1 atom stereocenters. The molecule has 8 nitrogen and oxygen atoms in total. The van der Waals surface area contributed by atoms with Crippen molar-refractivity contribution in [2.45, 2.75) is 37.8 Å². The number of nitrogens with zero attached hydrogens (tertiary/aromatic N) is 2. The number of rotatable bonds is 8. The summed E-state index contributed by atoms with van der Waals surface area (Å²) >= 11 is 0. The molecule has 1 saturated carbocycles. The van der Waals surface area contributed by atoms with Gasteiger partial charge in [0.15, 0.2) is 5.76 Å². The summed E-state index contributed by atoms with van der Waals surface area (Å²) in [5.74, 6) is 0.299. The van der Waals surface area contributed by atoms with Crippen LogP contribution in [0.5, 0.6) is 11.5 Å². The Kier molecular flexibility index (Phi) is 6.92. The van der Waals surface area contributed by atoms with Crippen molar-refractivity contribution in [3.8, 4) is 11.5 Å². The van der Waals surface area contributed by atoms with Crippen LogP contribution < -0.4 is 19.7 Å². The summed E-state index contributed by atoms with van der Waals surface area (Å²) in [6, 6.07) is 10.9. The standard InChI is InChI=1S/C25H27N3O5/c1-31-19-11-12-20(22(15-19)32-2)28(25(30)21-10-6-14-33-21)23(17-7-5-13-26-16-17)24(29)27-18-8-3-4-9-18/h5-7,10-16,18,23H,3-4,8-9H2,1-2H3,(H,27,29)/t23-/m0/s1. The number of ether oxygens (including phenoxy) is 2. The van der Waals surface area contributed by atoms with E-state index in [-0.39, 0.29) is 17.7 Å². The van der Waals surface area contributed by atoms with Gasteiger partial charge in [-0.25, -0.2) is 0 Å². The molecule has 1 N–H and O–H groups in total. The van der Waals surface area contributed by atoms with Gasteiger partial charge in [-0.3, -0.25) is 19.5 Å². The Morgan fingerprint density at radius 1 is 1.12 bits per heavy atom. The molecule has 0 spiro atoms. The molecule has 3 aromatic rings. The summed E-state index contributed by atoms with van der Waals surface area (Å²) in [5.41, 5.74) is 0.987. The van der Waals surface area contributed by atoms with E-state index in [0.717, 1.165) is 25.7 Å². The Hall–Kier alpha value is -3.81. The number of methoxy groups -OCH3 is 2. The molecule has 172 valence electrons. The van der Waals surface area contributed by atoms with Crippen molar-refractivity contribution in [1.29, 1.82) is 0 Å². The van der Waals surface area contributed by atoms with Gasteiger partial charge in [-0.1, -0.05) is 18.9 Å². The van der Waals surface area contributed by atoms with Crippen LogP contribution in [-0.2, 0) is 4.79 Å². The molecule has 1 aliphatic carbocycles. The molecular weight excluding hydrogens is 422 g/mol. The smallest absolute Gasteiger partial charge is 0.295 e. The van der Waals surface area contributed by atoms with Crippen LogP contribution in [-0.4, -0.2) is 37.1 Å². The number of carbonyl (C=O) groups is 2. The maximum atomic E-state index is 13.7. The first-order chi connectivity index (χ1) is 16.1. The summed E-state index contributed by atoms with van der Waals surface area (Å²) in [7, 11) is 3.05. The lowest BCUT2D eigenvalue weighted by Crippen LogP contribution is -2.46. The zero-order valence-electron chi connectivity index (χ0n) is 18.7. The molecule has 33 heavy (non-hydrogen) atoms. The summed E-state index contributed by atoms with van der Waals surface area (Å²) in [6.07, 6.45) is 8.63. The molecule has 2 aromatic heterocycles. The first-order valence-corrected chi connectivity index (χ1v) is 10.9. The molecule has 4 rings (SSSR count). The lowest BCUT2D eigenvalue weighted by atomic mass is 10.0. The van der Waals surface area contributed by atoms with Gasteiger partial charge in [-0.05, 0) is 43.2 Å². The number of amides is 2. The minimum atomic E-state index is -0.987. The molecule has 8 heteroatoms. The number of hydrogen-bond acceptors (Lipinski definition) is 6. The summed E-state index contributed by atoms with van der Waals surface area (Å²) in [5, 5.41) is 3.13. The molecule has 1 aromatic carbocycles. The topological polar surface area (TPSA) is 93.9 Å². The molecule has 0 radical (unpaired) electrons. The first-order valence-electron chi connectivity index (χ1n) is 10.9. The second-order valence-corrected chi connectivity index (χ2v) is 7.87. The lowest BCUT2D eigenvalue weighted by Gasteiger charge is -2.32. The van der Waals surface area contributed by atoms with Crippen LogP contribution in [0.4, 0.5) is 5.69 Å². The molecule has 1 fully saturated rings. The highest BCUT2D eigenvalue weighted by Crippen LogP contribution is 2.38. The molecule has 0 aliphatic heterocycles. The molecule has 0 bridgehead atoms. The van der Waals surface area contributed by atoms with E-state index in [9.17, 15) is 9.59 Å². The van der Waals surface area contributed by atoms with Crippen molar-refractivity contribution in [3.05, 3.63) is 72.4 Å². The maximum absolute atomic E-state index is 13.7. The molecule has 2 heterocycles. The van der Waals surface area contributed by atoms with Crippen LogP contribution >= 0.6 is 0 Å². The Labute approximate surface area is 192 Å². The predicted molar refractivity (Wildman–Crippen MR) is 122 cm³/mol. The zero-order chi connectivity index (χ0) is 23.2. The van der Waals surface area contributed by atoms with Gasteiger partial charge in [0.05, 0.1) is 26.2 Å². The molecular formula is C25H27N3O5. The maximum Gasteiger partial charge on any atom is 0.295 e. The Balaban J connectivity index is 1.84. The zero-order valence-corrected chi connectivity index (χ0v) is 18.7. The quantitative estimate of drug-likeness (QED) is 0.556. The van der Waals surface area contributed by atoms with Crippen LogP contribution in [0, 0.1) is 0 Å². The van der Waals surface area contributed by atoms with Crippen molar-refractivity contribution in [1.82, 2.24) is 10.3 Å². The van der Waals surface area contributed by atoms with Gasteiger partial charge in [0.25, 0.3) is 5.91 Å². The second kappa shape index (κ2) is 10.2. The lowest BCUT2D eigenvalue weighted by molar-refractivity contribution is -0.123. The summed E-state index contributed by atoms with van der Waals surface area (Å²) in [6.45, 7) is 0. The third-order valence-corrected chi connectivity index (χ3v) is 5.81. The third kappa shape index (κ3) is 4.84. The van der Waals surface area contributed by atoms with E-state index >= 15 is 0 Å². The Morgan fingerprint density at radius 3 is 2.58 bits per heavy atom. The van der Waals surface area contributed by atoms with Crippen LogP contribution in [0.3, 0.4) is 0 Å². The van der Waals surface area contributed by atoms with Crippen molar-refractivity contribution in [3.63, 3.8) is 0 Å². The van der Waals surface area contributed by atoms with Gasteiger partial charge in [-0.15, -0.1) is 0 Å². The highest BCUT2D eigenvalue weighted by molar-refractivity contribution is 6.09. The van der Waals surface area contributed by atoms with Gasteiger partial charge >= 0.3 is 0 Å². The predicted octanol–water partition coefficient (Wildman–Crippen LogP) is 4.14. The fourth-order valence-corrected chi connectivity index (χ4v) is 4.17. The third-order valence-electron chi connectivity index (χ3n) is 5.81. The van der Waals surface area contributed by atoms with Crippen LogP contribution in [0.1, 0.15) is 47.8 Å². The van der Waals surface area contributed by atoms with E-state index in [0.29, 0.717) is 22.7 Å². The first kappa shape index (κ1) is 22.4. The monoisotopic (exact) mass is 449 g/mol. The van der Waals surface area contributed by atoms with Crippen LogP contribution in [0.15, 0.2) is 65.5 Å². The Morgan fingerprint density at radius 2 is 1.94 bits per heavy atom. The minimum absolute atomic E-state index is 0.0787. The van der Waals surface area contributed by atoms with E-state index in [4.69, 9.17) is 13.9 Å². The van der Waals surface area contributed by atoms with Gasteiger partial charge in [0.1, 0.15) is 17.5 Å². The number of hydrogen-bond donors (Lipinski definition) is 1. The van der Waals surface area contributed by atoms with E-state index in [1.807, 2.05) is 0 Å². The molecule has 1 aliphatic rings. The van der Waals surface area contributed by atoms with Gasteiger partial charge in [-0.2, -0.15) is 0 Å². The number of anilines is 1. The van der Waals surface area contributed by atoms with Gasteiger partial charge in [0.2, 0.25) is 5.91 Å². The van der Waals surface area contributed by atoms with Crippen LogP contribution in [0.2, 0.25) is 0 Å². The number of nitrogens with one attached hydrogen (secondary N) is 1. The van der Waals surface area contributed by atoms with Crippen molar-refractivity contribution >= 4 is 17.5 Å². The number of aromatic nitrogens is 1. The largest absolute Gasteiger partial charge is 0.497 e. The summed E-state index contributed by atoms with van der Waals surface area (Å²) < 4.78 is 16.3. The van der Waals surface area contributed by atoms with E-state index in [2.05, 4.69) is 10.3 Å². The average molecular weight is 450 g/mol. The Bertz CT molecular complexity index is 1080. The molecule has 0 saturated heterocycles. The number of furan rings is 1. The van der Waals surface area contributed by atoms with Crippen molar-refractivity contribution in [2.24, 2.45) is 0 Å². The highest BCUT2D eigenvalue weighted by atomic mass is 16.5. The minimum Gasteiger partial charge on any atom is -0.497 e. The number of carbonyl (C=O) groups excluding carboxylic acids is 2. The number of benzene rings is 1. The van der Waals surface area contributed by atoms with E-state index < -0.39 is 11.9 Å². The fraction of sp³-hybridized carbons (Fsp3) is 0.320. The van der Waals surface area contributed by atoms with E-state index in [1.54, 1.807) is 62.0 Å². The highest BCUT2D eigenvalue weighted by Gasteiger charge is 2.37. The second-order valence-electron chi connectivity index (χ2n) is 7.87. The molecule has 0 unspecified atom stereocenters. The SMILES string of the molecule is COc1ccc(N(C(=O)c2ccco2)[C@H](C(=O)NC2CCCC2)c2cccnc2)c(OC)c1. The van der Waals surface area contributed by atoms with Gasteiger partial charge < -0.3 is 19.2 Å². The average Bonchev–Trinajstić information content (AvgIpc) is 3.57. The normalized spacial score (nSPS) is 14.5. The molecule has 2 amide bonds. The number of pyridine rings is 1. The van der Waals surface area contributed by atoms with Crippen molar-refractivity contribution in [2.75, 3.05) is 19.1 Å².